The minimum atomic E-state index is -4.34. The van der Waals surface area contributed by atoms with Crippen LogP contribution in [0.2, 0.25) is 0 Å². The van der Waals surface area contributed by atoms with Crippen molar-refractivity contribution < 1.29 is 18.0 Å². The SMILES string of the molecule is CCCN(CC(F)(F)F)C(=O)C(C)CCN. The van der Waals surface area contributed by atoms with E-state index in [0.717, 1.165) is 4.90 Å². The Labute approximate surface area is 93.8 Å². The van der Waals surface area contributed by atoms with Gasteiger partial charge in [0.2, 0.25) is 5.91 Å². The van der Waals surface area contributed by atoms with Crippen LogP contribution < -0.4 is 5.73 Å². The monoisotopic (exact) mass is 240 g/mol. The summed E-state index contributed by atoms with van der Waals surface area (Å²) in [6.07, 6.45) is -3.42. The average molecular weight is 240 g/mol. The van der Waals surface area contributed by atoms with Crippen molar-refractivity contribution in [2.24, 2.45) is 11.7 Å². The lowest BCUT2D eigenvalue weighted by atomic mass is 10.1. The molecule has 0 aromatic heterocycles. The minimum absolute atomic E-state index is 0.132. The van der Waals surface area contributed by atoms with E-state index in [-0.39, 0.29) is 6.54 Å². The topological polar surface area (TPSA) is 46.3 Å². The van der Waals surface area contributed by atoms with Crippen LogP contribution >= 0.6 is 0 Å². The molecule has 3 nitrogen and oxygen atoms in total. The van der Waals surface area contributed by atoms with Crippen molar-refractivity contribution in [3.63, 3.8) is 0 Å². The Bertz CT molecular complexity index is 219. The van der Waals surface area contributed by atoms with Gasteiger partial charge in [-0.05, 0) is 19.4 Å². The molecule has 0 rings (SSSR count). The highest BCUT2D eigenvalue weighted by atomic mass is 19.4. The summed E-state index contributed by atoms with van der Waals surface area (Å²) in [6.45, 7) is 2.61. The predicted octanol–water partition coefficient (Wildman–Crippen LogP) is 1.77. The molecule has 0 aliphatic carbocycles. The third-order valence-corrected chi connectivity index (χ3v) is 2.20. The van der Waals surface area contributed by atoms with Crippen LogP contribution in [0, 0.1) is 5.92 Å². The quantitative estimate of drug-likeness (QED) is 0.769. The third kappa shape index (κ3) is 5.95. The minimum Gasteiger partial charge on any atom is -0.333 e. The summed E-state index contributed by atoms with van der Waals surface area (Å²) in [5.74, 6) is -0.913. The molecule has 0 saturated heterocycles. The molecule has 0 fully saturated rings. The van der Waals surface area contributed by atoms with Gasteiger partial charge in [-0.1, -0.05) is 13.8 Å². The number of hydrogen-bond acceptors (Lipinski definition) is 2. The zero-order valence-corrected chi connectivity index (χ0v) is 9.68. The van der Waals surface area contributed by atoms with E-state index in [1.54, 1.807) is 13.8 Å². The van der Waals surface area contributed by atoms with Crippen molar-refractivity contribution in [2.75, 3.05) is 19.6 Å². The Hall–Kier alpha value is -0.780. The molecule has 6 heteroatoms. The van der Waals surface area contributed by atoms with Crippen LogP contribution in [-0.2, 0) is 4.79 Å². The smallest absolute Gasteiger partial charge is 0.333 e. The second-order valence-corrected chi connectivity index (χ2v) is 3.85. The van der Waals surface area contributed by atoms with Gasteiger partial charge in [-0.25, -0.2) is 0 Å². The molecule has 1 atom stereocenters. The maximum atomic E-state index is 12.2. The summed E-state index contributed by atoms with van der Waals surface area (Å²) < 4.78 is 36.7. The van der Waals surface area contributed by atoms with E-state index in [0.29, 0.717) is 19.4 Å². The van der Waals surface area contributed by atoms with E-state index < -0.39 is 24.5 Å². The van der Waals surface area contributed by atoms with Crippen molar-refractivity contribution in [3.05, 3.63) is 0 Å². The maximum absolute atomic E-state index is 12.2. The predicted molar refractivity (Wildman–Crippen MR) is 55.8 cm³/mol. The average Bonchev–Trinajstić information content (AvgIpc) is 2.14. The standard InChI is InChI=1S/C10H19F3N2O/c1-3-6-15(7-10(11,12)13)9(16)8(2)4-5-14/h8H,3-7,14H2,1-2H3. The Morgan fingerprint density at radius 2 is 2.00 bits per heavy atom. The zero-order chi connectivity index (χ0) is 12.8. The van der Waals surface area contributed by atoms with E-state index in [1.807, 2.05) is 0 Å². The van der Waals surface area contributed by atoms with E-state index in [9.17, 15) is 18.0 Å². The Kier molecular flexibility index (Phi) is 6.40. The van der Waals surface area contributed by atoms with Gasteiger partial charge >= 0.3 is 6.18 Å². The fourth-order valence-electron chi connectivity index (χ4n) is 1.44. The highest BCUT2D eigenvalue weighted by molar-refractivity contribution is 5.78. The van der Waals surface area contributed by atoms with Gasteiger partial charge in [0.25, 0.3) is 0 Å². The van der Waals surface area contributed by atoms with Crippen LogP contribution in [0.1, 0.15) is 26.7 Å². The largest absolute Gasteiger partial charge is 0.406 e. The Morgan fingerprint density at radius 1 is 1.44 bits per heavy atom. The molecule has 0 spiro atoms. The summed E-state index contributed by atoms with van der Waals surface area (Å²) in [5, 5.41) is 0. The third-order valence-electron chi connectivity index (χ3n) is 2.20. The molecule has 1 amide bonds. The van der Waals surface area contributed by atoms with Crippen LogP contribution in [-0.4, -0.2) is 36.6 Å². The summed E-state index contributed by atoms with van der Waals surface area (Å²) in [6, 6.07) is 0. The highest BCUT2D eigenvalue weighted by Gasteiger charge is 2.33. The van der Waals surface area contributed by atoms with Crippen molar-refractivity contribution in [3.8, 4) is 0 Å². The number of amides is 1. The molecule has 0 heterocycles. The van der Waals surface area contributed by atoms with Gasteiger partial charge in [-0.15, -0.1) is 0 Å². The van der Waals surface area contributed by atoms with Crippen LogP contribution in [0.4, 0.5) is 13.2 Å². The number of nitrogens with two attached hydrogens (primary N) is 1. The van der Waals surface area contributed by atoms with Crippen molar-refractivity contribution >= 4 is 5.91 Å². The van der Waals surface area contributed by atoms with Crippen LogP contribution in [0.3, 0.4) is 0 Å². The van der Waals surface area contributed by atoms with E-state index in [1.165, 1.54) is 0 Å². The Balaban J connectivity index is 4.46. The number of alkyl halides is 3. The molecule has 0 radical (unpaired) electrons. The van der Waals surface area contributed by atoms with Crippen molar-refractivity contribution in [1.29, 1.82) is 0 Å². The lowest BCUT2D eigenvalue weighted by molar-refractivity contribution is -0.163. The fraction of sp³-hybridized carbons (Fsp3) is 0.900. The molecule has 0 saturated carbocycles. The zero-order valence-electron chi connectivity index (χ0n) is 9.68. The first-order valence-electron chi connectivity index (χ1n) is 5.37. The number of hydrogen-bond donors (Lipinski definition) is 1. The second-order valence-electron chi connectivity index (χ2n) is 3.85. The molecule has 2 N–H and O–H groups in total. The van der Waals surface area contributed by atoms with Gasteiger partial charge in [-0.2, -0.15) is 13.2 Å². The number of carbonyl (C=O) groups is 1. The van der Waals surface area contributed by atoms with Gasteiger partial charge in [-0.3, -0.25) is 4.79 Å². The first-order chi connectivity index (χ1) is 7.31. The molecule has 1 unspecified atom stereocenters. The molecule has 0 aromatic carbocycles. The molecule has 0 bridgehead atoms. The molecular formula is C10H19F3N2O. The van der Waals surface area contributed by atoms with Gasteiger partial charge in [0.1, 0.15) is 6.54 Å². The van der Waals surface area contributed by atoms with Crippen molar-refractivity contribution in [2.45, 2.75) is 32.9 Å². The lowest BCUT2D eigenvalue weighted by Crippen LogP contribution is -2.42. The van der Waals surface area contributed by atoms with Crippen LogP contribution in [0.25, 0.3) is 0 Å². The number of nitrogens with zero attached hydrogens (tertiary/aromatic N) is 1. The number of halogens is 3. The fourth-order valence-corrected chi connectivity index (χ4v) is 1.44. The van der Waals surface area contributed by atoms with Gasteiger partial charge in [0, 0.05) is 12.5 Å². The van der Waals surface area contributed by atoms with E-state index in [4.69, 9.17) is 5.73 Å². The first kappa shape index (κ1) is 15.2. The van der Waals surface area contributed by atoms with Crippen LogP contribution in [0.5, 0.6) is 0 Å². The molecule has 0 aromatic rings. The maximum Gasteiger partial charge on any atom is 0.406 e. The Morgan fingerprint density at radius 3 is 2.38 bits per heavy atom. The molecule has 0 aliphatic rings. The summed E-state index contributed by atoms with van der Waals surface area (Å²) >= 11 is 0. The summed E-state index contributed by atoms with van der Waals surface area (Å²) in [5.41, 5.74) is 5.28. The van der Waals surface area contributed by atoms with E-state index in [2.05, 4.69) is 0 Å². The molecule has 16 heavy (non-hydrogen) atoms. The summed E-state index contributed by atoms with van der Waals surface area (Å²) in [4.78, 5) is 12.5. The lowest BCUT2D eigenvalue weighted by Gasteiger charge is -2.26. The second kappa shape index (κ2) is 6.73. The molecule has 96 valence electrons. The van der Waals surface area contributed by atoms with Gasteiger partial charge < -0.3 is 10.6 Å². The van der Waals surface area contributed by atoms with Gasteiger partial charge in [0.05, 0.1) is 0 Å². The molecule has 0 aliphatic heterocycles. The van der Waals surface area contributed by atoms with E-state index >= 15 is 0 Å². The highest BCUT2D eigenvalue weighted by Crippen LogP contribution is 2.18. The molecular weight excluding hydrogens is 221 g/mol. The summed E-state index contributed by atoms with van der Waals surface area (Å²) in [7, 11) is 0. The number of carbonyl (C=O) groups excluding carboxylic acids is 1. The normalized spacial score (nSPS) is 13.6. The van der Waals surface area contributed by atoms with Gasteiger partial charge in [0.15, 0.2) is 0 Å². The van der Waals surface area contributed by atoms with Crippen LogP contribution in [0.15, 0.2) is 0 Å². The van der Waals surface area contributed by atoms with Crippen molar-refractivity contribution in [1.82, 2.24) is 4.90 Å². The first-order valence-corrected chi connectivity index (χ1v) is 5.37. The number of rotatable bonds is 6.